The summed E-state index contributed by atoms with van der Waals surface area (Å²) in [5.41, 5.74) is 0.947. The number of nitrogens with one attached hydrogen (secondary N) is 2. The lowest BCUT2D eigenvalue weighted by Crippen LogP contribution is -2.38. The van der Waals surface area contributed by atoms with Gasteiger partial charge in [0.25, 0.3) is 0 Å². The van der Waals surface area contributed by atoms with Crippen molar-refractivity contribution < 1.29 is 9.47 Å². The van der Waals surface area contributed by atoms with Crippen molar-refractivity contribution in [3.8, 4) is 11.5 Å². The van der Waals surface area contributed by atoms with Gasteiger partial charge in [-0.25, -0.2) is 4.99 Å². The third kappa shape index (κ3) is 8.37. The number of aliphatic imine (C=N–C) groups is 1. The zero-order chi connectivity index (χ0) is 17.7. The van der Waals surface area contributed by atoms with Gasteiger partial charge in [0.15, 0.2) is 5.96 Å². The SMILES string of the molecule is CCNC(=NCc1ccccn1)NCCCOc1ccc(OC)cc1.I. The highest BCUT2D eigenvalue weighted by Crippen LogP contribution is 2.16. The van der Waals surface area contributed by atoms with E-state index in [4.69, 9.17) is 9.47 Å². The first kappa shape index (κ1) is 22.0. The van der Waals surface area contributed by atoms with Crippen molar-refractivity contribution in [3.63, 3.8) is 0 Å². The number of hydrogen-bond donors (Lipinski definition) is 2. The minimum atomic E-state index is 0. The normalized spacial score (nSPS) is 10.6. The van der Waals surface area contributed by atoms with Gasteiger partial charge in [-0.3, -0.25) is 4.98 Å². The van der Waals surface area contributed by atoms with Crippen LogP contribution in [0.4, 0.5) is 0 Å². The van der Waals surface area contributed by atoms with E-state index >= 15 is 0 Å². The van der Waals surface area contributed by atoms with Crippen molar-refractivity contribution in [3.05, 3.63) is 54.4 Å². The first-order valence-corrected chi connectivity index (χ1v) is 8.50. The Balaban J connectivity index is 0.00000338. The molecule has 0 saturated carbocycles. The summed E-state index contributed by atoms with van der Waals surface area (Å²) in [4.78, 5) is 8.81. The van der Waals surface area contributed by atoms with E-state index in [-0.39, 0.29) is 24.0 Å². The van der Waals surface area contributed by atoms with Crippen molar-refractivity contribution in [2.24, 2.45) is 4.99 Å². The Bertz CT molecular complexity index is 636. The molecule has 6 nitrogen and oxygen atoms in total. The molecule has 2 N–H and O–H groups in total. The maximum absolute atomic E-state index is 5.71. The van der Waals surface area contributed by atoms with E-state index in [2.05, 4.69) is 20.6 Å². The largest absolute Gasteiger partial charge is 0.497 e. The van der Waals surface area contributed by atoms with Gasteiger partial charge in [-0.2, -0.15) is 0 Å². The topological polar surface area (TPSA) is 67.8 Å². The second-order valence-electron chi connectivity index (χ2n) is 5.32. The smallest absolute Gasteiger partial charge is 0.191 e. The zero-order valence-corrected chi connectivity index (χ0v) is 17.6. The molecular weight excluding hydrogens is 443 g/mol. The van der Waals surface area contributed by atoms with Gasteiger partial charge in [-0.15, -0.1) is 24.0 Å². The van der Waals surface area contributed by atoms with Gasteiger partial charge in [-0.1, -0.05) is 6.07 Å². The molecule has 0 atom stereocenters. The maximum Gasteiger partial charge on any atom is 0.191 e. The number of pyridine rings is 1. The number of guanidine groups is 1. The molecule has 7 heteroatoms. The van der Waals surface area contributed by atoms with Gasteiger partial charge in [0.1, 0.15) is 11.5 Å². The number of benzene rings is 1. The molecule has 0 spiro atoms. The summed E-state index contributed by atoms with van der Waals surface area (Å²) in [5.74, 6) is 2.46. The van der Waals surface area contributed by atoms with Crippen LogP contribution in [0, 0.1) is 0 Å². The predicted octanol–water partition coefficient (Wildman–Crippen LogP) is 3.23. The highest BCUT2D eigenvalue weighted by Gasteiger charge is 1.99. The van der Waals surface area contributed by atoms with E-state index in [1.165, 1.54) is 0 Å². The minimum Gasteiger partial charge on any atom is -0.497 e. The first-order chi connectivity index (χ1) is 12.3. The average molecular weight is 470 g/mol. The Morgan fingerprint density at radius 1 is 1.08 bits per heavy atom. The summed E-state index contributed by atoms with van der Waals surface area (Å²) in [5, 5.41) is 6.54. The van der Waals surface area contributed by atoms with E-state index in [1.54, 1.807) is 13.3 Å². The summed E-state index contributed by atoms with van der Waals surface area (Å²) in [6.45, 7) is 4.84. The molecule has 0 amide bonds. The molecule has 1 heterocycles. The number of methoxy groups -OCH3 is 1. The summed E-state index contributed by atoms with van der Waals surface area (Å²) in [7, 11) is 1.65. The molecule has 0 saturated heterocycles. The van der Waals surface area contributed by atoms with Crippen molar-refractivity contribution in [1.29, 1.82) is 0 Å². The molecule has 0 unspecified atom stereocenters. The number of hydrogen-bond acceptors (Lipinski definition) is 4. The average Bonchev–Trinajstić information content (AvgIpc) is 2.67. The lowest BCUT2D eigenvalue weighted by atomic mass is 10.3. The van der Waals surface area contributed by atoms with Gasteiger partial charge in [-0.05, 0) is 49.7 Å². The van der Waals surface area contributed by atoms with Crippen LogP contribution in [-0.2, 0) is 6.54 Å². The molecule has 0 radical (unpaired) electrons. The number of ether oxygens (including phenoxy) is 2. The van der Waals surface area contributed by atoms with E-state index in [0.717, 1.165) is 42.7 Å². The van der Waals surface area contributed by atoms with Crippen LogP contribution < -0.4 is 20.1 Å². The zero-order valence-electron chi connectivity index (χ0n) is 15.3. The molecule has 1 aromatic carbocycles. The van der Waals surface area contributed by atoms with Crippen LogP contribution in [0.2, 0.25) is 0 Å². The molecule has 26 heavy (non-hydrogen) atoms. The number of nitrogens with zero attached hydrogens (tertiary/aromatic N) is 2. The van der Waals surface area contributed by atoms with E-state index in [0.29, 0.717) is 13.2 Å². The molecule has 2 rings (SSSR count). The van der Waals surface area contributed by atoms with Gasteiger partial charge < -0.3 is 20.1 Å². The fourth-order valence-electron chi connectivity index (χ4n) is 2.13. The molecule has 1 aromatic heterocycles. The lowest BCUT2D eigenvalue weighted by molar-refractivity contribution is 0.310. The standard InChI is InChI=1S/C19H26N4O2.HI/c1-3-20-19(23-15-16-7-4-5-12-21-16)22-13-6-14-25-18-10-8-17(24-2)9-11-18;/h4-5,7-12H,3,6,13-15H2,1-2H3,(H2,20,22,23);1H. The Morgan fingerprint density at radius 2 is 1.85 bits per heavy atom. The van der Waals surface area contributed by atoms with Crippen LogP contribution in [-0.4, -0.2) is 37.7 Å². The Hall–Kier alpha value is -2.03. The van der Waals surface area contributed by atoms with Crippen molar-refractivity contribution in [1.82, 2.24) is 15.6 Å². The van der Waals surface area contributed by atoms with Gasteiger partial charge in [0, 0.05) is 19.3 Å². The fraction of sp³-hybridized carbons (Fsp3) is 0.368. The van der Waals surface area contributed by atoms with Crippen LogP contribution >= 0.6 is 24.0 Å². The van der Waals surface area contributed by atoms with E-state index in [1.807, 2.05) is 49.4 Å². The van der Waals surface area contributed by atoms with Crippen LogP contribution in [0.25, 0.3) is 0 Å². The fourth-order valence-corrected chi connectivity index (χ4v) is 2.13. The number of halogens is 1. The van der Waals surface area contributed by atoms with Crippen molar-refractivity contribution in [2.45, 2.75) is 19.9 Å². The molecule has 0 bridgehead atoms. The third-order valence-electron chi connectivity index (χ3n) is 3.41. The molecule has 0 aliphatic carbocycles. The number of rotatable bonds is 9. The van der Waals surface area contributed by atoms with Crippen LogP contribution in [0.3, 0.4) is 0 Å². The second kappa shape index (κ2) is 13.2. The van der Waals surface area contributed by atoms with Crippen LogP contribution in [0.15, 0.2) is 53.7 Å². The van der Waals surface area contributed by atoms with Gasteiger partial charge >= 0.3 is 0 Å². The quantitative estimate of drug-likeness (QED) is 0.255. The summed E-state index contributed by atoms with van der Waals surface area (Å²) in [6.07, 6.45) is 2.65. The van der Waals surface area contributed by atoms with E-state index < -0.39 is 0 Å². The monoisotopic (exact) mass is 470 g/mol. The predicted molar refractivity (Wildman–Crippen MR) is 116 cm³/mol. The molecule has 0 aliphatic heterocycles. The summed E-state index contributed by atoms with van der Waals surface area (Å²) >= 11 is 0. The second-order valence-corrected chi connectivity index (χ2v) is 5.32. The van der Waals surface area contributed by atoms with E-state index in [9.17, 15) is 0 Å². The van der Waals surface area contributed by atoms with Crippen molar-refractivity contribution in [2.75, 3.05) is 26.8 Å². The third-order valence-corrected chi connectivity index (χ3v) is 3.41. The van der Waals surface area contributed by atoms with Gasteiger partial charge in [0.05, 0.1) is 26.0 Å². The molecular formula is C19H27IN4O2. The minimum absolute atomic E-state index is 0. The maximum atomic E-state index is 5.71. The Kier molecular flexibility index (Phi) is 11.2. The summed E-state index contributed by atoms with van der Waals surface area (Å²) in [6, 6.07) is 13.4. The van der Waals surface area contributed by atoms with Crippen LogP contribution in [0.1, 0.15) is 19.0 Å². The molecule has 2 aromatic rings. The van der Waals surface area contributed by atoms with Gasteiger partial charge in [0.2, 0.25) is 0 Å². The van der Waals surface area contributed by atoms with Crippen LogP contribution in [0.5, 0.6) is 11.5 Å². The number of aromatic nitrogens is 1. The highest BCUT2D eigenvalue weighted by molar-refractivity contribution is 14.0. The highest BCUT2D eigenvalue weighted by atomic mass is 127. The molecule has 0 fully saturated rings. The first-order valence-electron chi connectivity index (χ1n) is 8.50. The molecule has 142 valence electrons. The lowest BCUT2D eigenvalue weighted by Gasteiger charge is -2.12. The van der Waals surface area contributed by atoms with Crippen molar-refractivity contribution >= 4 is 29.9 Å². The Labute approximate surface area is 172 Å². The molecule has 0 aliphatic rings. The summed E-state index contributed by atoms with van der Waals surface area (Å²) < 4.78 is 10.8. The Morgan fingerprint density at radius 3 is 2.50 bits per heavy atom.